The lowest BCUT2D eigenvalue weighted by Gasteiger charge is -2.52. The predicted octanol–water partition coefficient (Wildman–Crippen LogP) is 3.10. The third-order valence-corrected chi connectivity index (χ3v) is 8.61. The molecule has 0 aromatic carbocycles. The summed E-state index contributed by atoms with van der Waals surface area (Å²) in [6.07, 6.45) is 8.99. The van der Waals surface area contributed by atoms with Crippen LogP contribution < -0.4 is 0 Å². The molecular weight excluding hydrogens is 244 g/mol. The second-order valence-corrected chi connectivity index (χ2v) is 8.75. The molecule has 0 aromatic heterocycles. The van der Waals surface area contributed by atoms with Crippen LogP contribution in [0.25, 0.3) is 0 Å². The van der Waals surface area contributed by atoms with Crippen LogP contribution in [0.5, 0.6) is 0 Å². The van der Waals surface area contributed by atoms with Gasteiger partial charge in [0.05, 0.1) is 5.75 Å². The van der Waals surface area contributed by atoms with Gasteiger partial charge in [0.1, 0.15) is 4.71 Å². The van der Waals surface area contributed by atoms with Gasteiger partial charge in [0.15, 0.2) is 9.84 Å². The maximum atomic E-state index is 12.2. The summed E-state index contributed by atoms with van der Waals surface area (Å²) in [5.41, 5.74) is -0.0152. The molecule has 1 unspecified atom stereocenters. The number of sulfone groups is 1. The highest BCUT2D eigenvalue weighted by Gasteiger charge is 2.66. The minimum atomic E-state index is -3.04. The van der Waals surface area contributed by atoms with Gasteiger partial charge in [0, 0.05) is 5.41 Å². The topological polar surface area (TPSA) is 34.1 Å². The molecule has 1 atom stereocenters. The molecule has 0 bridgehead atoms. The summed E-state index contributed by atoms with van der Waals surface area (Å²) in [4.78, 5) is 0. The smallest absolute Gasteiger partial charge is 0.168 e. The van der Waals surface area contributed by atoms with E-state index in [4.69, 9.17) is 11.6 Å². The van der Waals surface area contributed by atoms with Gasteiger partial charge in [-0.05, 0) is 31.1 Å². The SMILES string of the molecule is O=S1(=O)CC23CCCCC2(CCCC3)C1Cl. The van der Waals surface area contributed by atoms with Crippen LogP contribution in [-0.2, 0) is 9.84 Å². The molecule has 1 aliphatic heterocycles. The van der Waals surface area contributed by atoms with Crippen molar-refractivity contribution in [3.63, 3.8) is 0 Å². The average Bonchev–Trinajstić information content (AvgIpc) is 2.45. The third kappa shape index (κ3) is 1.22. The van der Waals surface area contributed by atoms with E-state index in [1.165, 1.54) is 25.7 Å². The molecule has 0 amide bonds. The number of hydrogen-bond acceptors (Lipinski definition) is 2. The number of halogens is 1. The van der Waals surface area contributed by atoms with Crippen LogP contribution >= 0.6 is 11.6 Å². The van der Waals surface area contributed by atoms with Gasteiger partial charge in [-0.2, -0.15) is 0 Å². The Balaban J connectivity index is 2.13. The Kier molecular flexibility index (Phi) is 2.39. The van der Waals surface area contributed by atoms with Crippen molar-refractivity contribution in [3.05, 3.63) is 0 Å². The van der Waals surface area contributed by atoms with Gasteiger partial charge in [-0.1, -0.05) is 25.7 Å². The Morgan fingerprint density at radius 3 is 1.94 bits per heavy atom. The molecule has 2 aliphatic carbocycles. The molecule has 3 aliphatic rings. The van der Waals surface area contributed by atoms with Crippen molar-refractivity contribution in [1.82, 2.24) is 0 Å². The second kappa shape index (κ2) is 3.38. The number of hydrogen-bond donors (Lipinski definition) is 0. The van der Waals surface area contributed by atoms with Crippen molar-refractivity contribution in [2.45, 2.75) is 56.1 Å². The van der Waals surface area contributed by atoms with Crippen molar-refractivity contribution < 1.29 is 8.42 Å². The largest absolute Gasteiger partial charge is 0.227 e. The highest BCUT2D eigenvalue weighted by molar-refractivity contribution is 7.93. The van der Waals surface area contributed by atoms with Crippen molar-refractivity contribution in [1.29, 1.82) is 0 Å². The highest BCUT2D eigenvalue weighted by atomic mass is 35.5. The molecule has 0 aromatic rings. The molecule has 2 nitrogen and oxygen atoms in total. The van der Waals surface area contributed by atoms with Crippen molar-refractivity contribution in [2.24, 2.45) is 10.8 Å². The Morgan fingerprint density at radius 2 is 1.44 bits per heavy atom. The average molecular weight is 263 g/mol. The zero-order chi connectivity index (χ0) is 11.4. The lowest BCUT2D eigenvalue weighted by atomic mass is 9.52. The molecule has 92 valence electrons. The van der Waals surface area contributed by atoms with E-state index in [9.17, 15) is 8.42 Å². The third-order valence-electron chi connectivity index (χ3n) is 5.34. The lowest BCUT2D eigenvalue weighted by Crippen LogP contribution is -2.48. The molecule has 3 rings (SSSR count). The maximum absolute atomic E-state index is 12.2. The minimum Gasteiger partial charge on any atom is -0.227 e. The molecule has 16 heavy (non-hydrogen) atoms. The second-order valence-electron chi connectivity index (χ2n) is 5.97. The van der Waals surface area contributed by atoms with Gasteiger partial charge in [0.2, 0.25) is 0 Å². The summed E-state index contributed by atoms with van der Waals surface area (Å²) < 4.78 is 23.7. The molecule has 0 spiro atoms. The fraction of sp³-hybridized carbons (Fsp3) is 1.00. The molecule has 2 saturated carbocycles. The first-order valence-electron chi connectivity index (χ1n) is 6.38. The first-order chi connectivity index (χ1) is 7.53. The standard InChI is InChI=1S/C12H19ClO2S/c13-10-12-7-3-1-5-11(12,6-2-4-8-12)9-16(10,14)15/h10H,1-9H2. The molecule has 1 saturated heterocycles. The minimum absolute atomic E-state index is 0.0503. The molecule has 0 radical (unpaired) electrons. The van der Waals surface area contributed by atoms with Gasteiger partial charge >= 0.3 is 0 Å². The van der Waals surface area contributed by atoms with Gasteiger partial charge in [-0.25, -0.2) is 8.42 Å². The van der Waals surface area contributed by atoms with Crippen LogP contribution in [0.4, 0.5) is 0 Å². The van der Waals surface area contributed by atoms with Crippen LogP contribution in [0, 0.1) is 10.8 Å². The van der Waals surface area contributed by atoms with Crippen molar-refractivity contribution >= 4 is 21.4 Å². The zero-order valence-electron chi connectivity index (χ0n) is 9.54. The summed E-state index contributed by atoms with van der Waals surface area (Å²) in [7, 11) is -3.04. The zero-order valence-corrected chi connectivity index (χ0v) is 11.1. The van der Waals surface area contributed by atoms with Gasteiger partial charge < -0.3 is 0 Å². The van der Waals surface area contributed by atoms with Crippen molar-refractivity contribution in [3.8, 4) is 0 Å². The fourth-order valence-corrected chi connectivity index (χ4v) is 7.95. The van der Waals surface area contributed by atoms with E-state index in [1.807, 2.05) is 0 Å². The Labute approximate surface area is 103 Å². The number of alkyl halides is 1. The highest BCUT2D eigenvalue weighted by Crippen LogP contribution is 2.67. The Bertz CT molecular complexity index is 389. The summed E-state index contributed by atoms with van der Waals surface area (Å²) >= 11 is 6.35. The summed E-state index contributed by atoms with van der Waals surface area (Å²) in [6.45, 7) is 0. The van der Waals surface area contributed by atoms with Gasteiger partial charge in [-0.15, -0.1) is 11.6 Å². The molecular formula is C12H19ClO2S. The van der Waals surface area contributed by atoms with E-state index >= 15 is 0 Å². The summed E-state index contributed by atoms with van der Waals surface area (Å²) in [6, 6.07) is 0. The van der Waals surface area contributed by atoms with E-state index in [-0.39, 0.29) is 10.8 Å². The van der Waals surface area contributed by atoms with Crippen molar-refractivity contribution in [2.75, 3.05) is 5.75 Å². The van der Waals surface area contributed by atoms with E-state index in [0.717, 1.165) is 25.7 Å². The van der Waals surface area contributed by atoms with E-state index in [0.29, 0.717) is 5.75 Å². The fourth-order valence-electron chi connectivity index (χ4n) is 4.64. The van der Waals surface area contributed by atoms with E-state index in [1.54, 1.807) is 0 Å². The number of rotatable bonds is 0. The summed E-state index contributed by atoms with van der Waals surface area (Å²) in [5.74, 6) is 0.369. The lowest BCUT2D eigenvalue weighted by molar-refractivity contribution is -0.0148. The Morgan fingerprint density at radius 1 is 0.938 bits per heavy atom. The maximum Gasteiger partial charge on any atom is 0.168 e. The van der Waals surface area contributed by atoms with Crippen LogP contribution in [0.2, 0.25) is 0 Å². The van der Waals surface area contributed by atoms with Gasteiger partial charge in [0.25, 0.3) is 0 Å². The predicted molar refractivity (Wildman–Crippen MR) is 65.2 cm³/mol. The normalized spacial score (nSPS) is 50.7. The van der Waals surface area contributed by atoms with E-state index in [2.05, 4.69) is 0 Å². The molecule has 1 heterocycles. The molecule has 4 heteroatoms. The van der Waals surface area contributed by atoms with E-state index < -0.39 is 14.5 Å². The van der Waals surface area contributed by atoms with Crippen LogP contribution in [-0.4, -0.2) is 18.9 Å². The van der Waals surface area contributed by atoms with Crippen LogP contribution in [0.15, 0.2) is 0 Å². The first kappa shape index (κ1) is 11.3. The van der Waals surface area contributed by atoms with Crippen LogP contribution in [0.1, 0.15) is 51.4 Å². The first-order valence-corrected chi connectivity index (χ1v) is 8.53. The van der Waals surface area contributed by atoms with Gasteiger partial charge in [-0.3, -0.25) is 0 Å². The Hall–Kier alpha value is 0.240. The quantitative estimate of drug-likeness (QED) is 0.629. The molecule has 3 fully saturated rings. The van der Waals surface area contributed by atoms with Crippen LogP contribution in [0.3, 0.4) is 0 Å². The molecule has 0 N–H and O–H groups in total. The monoisotopic (exact) mass is 262 g/mol. The summed E-state index contributed by atoms with van der Waals surface area (Å²) in [5, 5.41) is 0.